The third-order valence-corrected chi connectivity index (χ3v) is 4.60. The molecule has 1 N–H and O–H groups in total. The van der Waals surface area contributed by atoms with Crippen LogP contribution in [0.2, 0.25) is 0 Å². The molecule has 3 aromatic rings. The molecule has 0 radical (unpaired) electrons. The Kier molecular flexibility index (Phi) is 4.28. The smallest absolute Gasteiger partial charge is 0.268 e. The van der Waals surface area contributed by atoms with Gasteiger partial charge in [0.25, 0.3) is 5.91 Å². The van der Waals surface area contributed by atoms with Gasteiger partial charge in [0, 0.05) is 36.1 Å². The van der Waals surface area contributed by atoms with Crippen LogP contribution in [0.1, 0.15) is 60.7 Å². The first-order chi connectivity index (χ1) is 12.7. The molecule has 134 valence electrons. The minimum absolute atomic E-state index is 0.163. The van der Waals surface area contributed by atoms with Gasteiger partial charge in [0.15, 0.2) is 0 Å². The summed E-state index contributed by atoms with van der Waals surface area (Å²) in [5.41, 5.74) is 2.58. The minimum atomic E-state index is -0.381. The van der Waals surface area contributed by atoms with Gasteiger partial charge >= 0.3 is 0 Å². The van der Waals surface area contributed by atoms with E-state index in [1.165, 1.54) is 12.8 Å². The van der Waals surface area contributed by atoms with E-state index in [1.54, 1.807) is 12.3 Å². The number of aromatic nitrogens is 4. The topological polar surface area (TPSA) is 85.8 Å². The van der Waals surface area contributed by atoms with Crippen LogP contribution in [0.3, 0.4) is 0 Å². The summed E-state index contributed by atoms with van der Waals surface area (Å²) in [6.45, 7) is 4.56. The SMILES string of the molecule is CCn1cccc1C(=O)N[C@@H](C)c1nc(-c2ccnc(C3CC3)c2)no1. The van der Waals surface area contributed by atoms with E-state index < -0.39 is 0 Å². The third-order valence-electron chi connectivity index (χ3n) is 4.60. The van der Waals surface area contributed by atoms with Crippen molar-refractivity contribution in [3.05, 3.63) is 53.9 Å². The van der Waals surface area contributed by atoms with Crippen molar-refractivity contribution in [3.8, 4) is 11.4 Å². The zero-order chi connectivity index (χ0) is 18.1. The number of aryl methyl sites for hydroxylation is 1. The van der Waals surface area contributed by atoms with Crippen molar-refractivity contribution in [1.82, 2.24) is 25.0 Å². The monoisotopic (exact) mass is 351 g/mol. The molecule has 0 aromatic carbocycles. The normalized spacial score (nSPS) is 15.0. The summed E-state index contributed by atoms with van der Waals surface area (Å²) in [6.07, 6.45) is 6.04. The maximum atomic E-state index is 12.4. The molecular formula is C19H21N5O2. The molecule has 0 aliphatic heterocycles. The second kappa shape index (κ2) is 6.74. The van der Waals surface area contributed by atoms with Gasteiger partial charge in [0.1, 0.15) is 11.7 Å². The Bertz CT molecular complexity index is 925. The number of rotatable bonds is 6. The van der Waals surface area contributed by atoms with E-state index in [0.717, 1.165) is 17.8 Å². The van der Waals surface area contributed by atoms with Crippen LogP contribution in [-0.4, -0.2) is 25.6 Å². The van der Waals surface area contributed by atoms with Gasteiger partial charge in [-0.05, 0) is 51.0 Å². The van der Waals surface area contributed by atoms with Crippen molar-refractivity contribution >= 4 is 5.91 Å². The molecule has 1 aliphatic carbocycles. The highest BCUT2D eigenvalue weighted by Crippen LogP contribution is 2.39. The standard InChI is InChI=1S/C19H21N5O2/c1-3-24-10-4-5-16(24)18(25)21-12(2)19-22-17(23-26-19)14-8-9-20-15(11-14)13-6-7-13/h4-5,8-13H,3,6-7H2,1-2H3,(H,21,25)/t12-/m0/s1. The molecule has 4 rings (SSSR count). The van der Waals surface area contributed by atoms with Gasteiger partial charge in [-0.15, -0.1) is 0 Å². The van der Waals surface area contributed by atoms with Crippen molar-refractivity contribution in [2.45, 2.75) is 45.2 Å². The molecule has 3 heterocycles. The fourth-order valence-electron chi connectivity index (χ4n) is 2.95. The van der Waals surface area contributed by atoms with Crippen LogP contribution in [-0.2, 0) is 6.54 Å². The number of hydrogen-bond acceptors (Lipinski definition) is 5. The average Bonchev–Trinajstić information content (AvgIpc) is 3.20. The Balaban J connectivity index is 1.48. The van der Waals surface area contributed by atoms with Crippen LogP contribution in [0.4, 0.5) is 0 Å². The van der Waals surface area contributed by atoms with E-state index in [0.29, 0.717) is 23.3 Å². The van der Waals surface area contributed by atoms with Crippen LogP contribution >= 0.6 is 0 Å². The summed E-state index contributed by atoms with van der Waals surface area (Å²) in [5.74, 6) is 1.30. The third kappa shape index (κ3) is 3.24. The molecule has 1 fully saturated rings. The van der Waals surface area contributed by atoms with Crippen LogP contribution in [0.25, 0.3) is 11.4 Å². The second-order valence-corrected chi connectivity index (χ2v) is 6.57. The average molecular weight is 351 g/mol. The highest BCUT2D eigenvalue weighted by atomic mass is 16.5. The Morgan fingerprint density at radius 1 is 1.42 bits per heavy atom. The van der Waals surface area contributed by atoms with Gasteiger partial charge in [0.2, 0.25) is 11.7 Å². The lowest BCUT2D eigenvalue weighted by molar-refractivity contribution is 0.0923. The van der Waals surface area contributed by atoms with E-state index in [-0.39, 0.29) is 11.9 Å². The zero-order valence-corrected chi connectivity index (χ0v) is 14.8. The van der Waals surface area contributed by atoms with E-state index in [4.69, 9.17) is 4.52 Å². The Hall–Kier alpha value is -2.96. The molecule has 1 atom stereocenters. The van der Waals surface area contributed by atoms with E-state index >= 15 is 0 Å². The molecular weight excluding hydrogens is 330 g/mol. The van der Waals surface area contributed by atoms with Crippen LogP contribution in [0, 0.1) is 0 Å². The Morgan fingerprint density at radius 2 is 2.27 bits per heavy atom. The fourth-order valence-corrected chi connectivity index (χ4v) is 2.95. The largest absolute Gasteiger partial charge is 0.344 e. The summed E-state index contributed by atoms with van der Waals surface area (Å²) < 4.78 is 7.26. The fraction of sp³-hybridized carbons (Fsp3) is 0.368. The summed E-state index contributed by atoms with van der Waals surface area (Å²) in [6, 6.07) is 7.16. The lowest BCUT2D eigenvalue weighted by atomic mass is 10.2. The van der Waals surface area contributed by atoms with Crippen LogP contribution in [0.15, 0.2) is 41.2 Å². The highest BCUT2D eigenvalue weighted by molar-refractivity contribution is 5.92. The molecule has 1 amide bonds. The molecule has 26 heavy (non-hydrogen) atoms. The van der Waals surface area contributed by atoms with Crippen molar-refractivity contribution < 1.29 is 9.32 Å². The molecule has 0 bridgehead atoms. The van der Waals surface area contributed by atoms with Crippen molar-refractivity contribution in [1.29, 1.82) is 0 Å². The second-order valence-electron chi connectivity index (χ2n) is 6.57. The number of carbonyl (C=O) groups is 1. The van der Waals surface area contributed by atoms with Gasteiger partial charge in [-0.2, -0.15) is 4.98 Å². The summed E-state index contributed by atoms with van der Waals surface area (Å²) in [5, 5.41) is 6.97. The quantitative estimate of drug-likeness (QED) is 0.736. The Morgan fingerprint density at radius 3 is 3.04 bits per heavy atom. The van der Waals surface area contributed by atoms with Crippen molar-refractivity contribution in [3.63, 3.8) is 0 Å². The highest BCUT2D eigenvalue weighted by Gasteiger charge is 2.26. The first-order valence-corrected chi connectivity index (χ1v) is 8.91. The molecule has 1 aliphatic rings. The van der Waals surface area contributed by atoms with Gasteiger partial charge < -0.3 is 14.4 Å². The van der Waals surface area contributed by atoms with Crippen molar-refractivity contribution in [2.24, 2.45) is 0 Å². The van der Waals surface area contributed by atoms with E-state index in [1.807, 2.05) is 42.8 Å². The number of pyridine rings is 1. The molecule has 7 heteroatoms. The van der Waals surface area contributed by atoms with E-state index in [9.17, 15) is 4.79 Å². The number of carbonyl (C=O) groups excluding carboxylic acids is 1. The van der Waals surface area contributed by atoms with Crippen LogP contribution in [0.5, 0.6) is 0 Å². The first kappa shape index (κ1) is 16.5. The predicted octanol–water partition coefficient (Wildman–Crippen LogP) is 3.32. The Labute approximate surface area is 151 Å². The van der Waals surface area contributed by atoms with E-state index in [2.05, 4.69) is 20.4 Å². The molecule has 7 nitrogen and oxygen atoms in total. The van der Waals surface area contributed by atoms with Gasteiger partial charge in [-0.1, -0.05) is 5.16 Å². The van der Waals surface area contributed by atoms with Gasteiger partial charge in [-0.3, -0.25) is 9.78 Å². The molecule has 0 saturated heterocycles. The molecule has 3 aromatic heterocycles. The van der Waals surface area contributed by atoms with Crippen LogP contribution < -0.4 is 5.32 Å². The first-order valence-electron chi connectivity index (χ1n) is 8.91. The predicted molar refractivity (Wildman–Crippen MR) is 95.5 cm³/mol. The van der Waals surface area contributed by atoms with Crippen molar-refractivity contribution in [2.75, 3.05) is 0 Å². The maximum Gasteiger partial charge on any atom is 0.268 e. The number of hydrogen-bond donors (Lipinski definition) is 1. The number of amides is 1. The molecule has 0 spiro atoms. The maximum absolute atomic E-state index is 12.4. The molecule has 0 unspecified atom stereocenters. The molecule has 1 saturated carbocycles. The lowest BCUT2D eigenvalue weighted by Gasteiger charge is -2.11. The minimum Gasteiger partial charge on any atom is -0.344 e. The zero-order valence-electron chi connectivity index (χ0n) is 14.8. The van der Waals surface area contributed by atoms with Gasteiger partial charge in [-0.25, -0.2) is 0 Å². The number of nitrogens with zero attached hydrogens (tertiary/aromatic N) is 4. The summed E-state index contributed by atoms with van der Waals surface area (Å²) in [7, 11) is 0. The summed E-state index contributed by atoms with van der Waals surface area (Å²) >= 11 is 0. The number of nitrogens with one attached hydrogen (secondary N) is 1. The lowest BCUT2D eigenvalue weighted by Crippen LogP contribution is -2.28. The summed E-state index contributed by atoms with van der Waals surface area (Å²) in [4.78, 5) is 21.3. The van der Waals surface area contributed by atoms with Gasteiger partial charge in [0.05, 0.1) is 0 Å².